The molecule has 0 N–H and O–H groups in total. The van der Waals surface area contributed by atoms with Gasteiger partial charge in [-0.2, -0.15) is 13.2 Å². The first-order valence-corrected chi connectivity index (χ1v) is 13.0. The molecule has 0 unspecified atom stereocenters. The van der Waals surface area contributed by atoms with E-state index in [1.54, 1.807) is 19.2 Å². The van der Waals surface area contributed by atoms with Gasteiger partial charge in [0.25, 0.3) is 0 Å². The predicted octanol–water partition coefficient (Wildman–Crippen LogP) is 8.68. The number of methoxy groups -OCH3 is 1. The molecular formula is C30H32F6O2. The molecule has 2 nitrogen and oxygen atoms in total. The van der Waals surface area contributed by atoms with Crippen molar-refractivity contribution in [3.8, 4) is 5.75 Å². The Kier molecular flexibility index (Phi) is 9.23. The fourth-order valence-electron chi connectivity index (χ4n) is 5.43. The predicted molar refractivity (Wildman–Crippen MR) is 135 cm³/mol. The first-order chi connectivity index (χ1) is 18.1. The maximum absolute atomic E-state index is 15.3. The van der Waals surface area contributed by atoms with Crippen LogP contribution in [-0.4, -0.2) is 26.5 Å². The van der Waals surface area contributed by atoms with E-state index in [1.165, 1.54) is 24.8 Å². The zero-order valence-corrected chi connectivity index (χ0v) is 21.4. The first kappa shape index (κ1) is 28.3. The summed E-state index contributed by atoms with van der Waals surface area (Å²) in [5, 5.41) is 1.31. The van der Waals surface area contributed by atoms with Gasteiger partial charge in [-0.3, -0.25) is 0 Å². The van der Waals surface area contributed by atoms with Crippen LogP contribution in [0, 0.1) is 23.4 Å². The van der Waals surface area contributed by atoms with Crippen molar-refractivity contribution in [3.05, 3.63) is 76.6 Å². The van der Waals surface area contributed by atoms with E-state index in [0.29, 0.717) is 16.9 Å². The van der Waals surface area contributed by atoms with E-state index in [-0.39, 0.29) is 24.2 Å². The smallest absolute Gasteiger partial charge is 0.422 e. The van der Waals surface area contributed by atoms with E-state index in [4.69, 9.17) is 4.74 Å². The largest absolute Gasteiger partial charge is 0.478 e. The summed E-state index contributed by atoms with van der Waals surface area (Å²) >= 11 is 0. The number of benzene rings is 3. The van der Waals surface area contributed by atoms with Gasteiger partial charge in [-0.15, -0.1) is 0 Å². The number of fused-ring (bicyclic) bond motifs is 1. The maximum atomic E-state index is 15.3. The molecule has 0 spiro atoms. The highest BCUT2D eigenvalue weighted by atomic mass is 19.4. The minimum absolute atomic E-state index is 0.113. The van der Waals surface area contributed by atoms with Crippen LogP contribution in [0.4, 0.5) is 26.3 Å². The van der Waals surface area contributed by atoms with E-state index in [9.17, 15) is 22.0 Å². The summed E-state index contributed by atoms with van der Waals surface area (Å²) in [5.74, 6) is -2.68. The fraction of sp³-hybridized carbons (Fsp3) is 0.467. The molecule has 3 aromatic rings. The van der Waals surface area contributed by atoms with Gasteiger partial charge in [-0.05, 0) is 97.4 Å². The van der Waals surface area contributed by atoms with Crippen molar-refractivity contribution < 1.29 is 35.8 Å². The standard InChI is InChI=1S/C30H32F6O2/c1-37-14-2-3-19-4-7-21(8-5-19)23-12-13-25-24(17-23)11-10-22(28(25)33)9-6-20-15-26(31)29(27(32)16-20)38-18-30(34,35)36/h10-13,15-17,19,21H,2-9,14,18H2,1H3. The molecule has 4 rings (SSSR count). The van der Waals surface area contributed by atoms with Crippen LogP contribution in [0.15, 0.2) is 42.5 Å². The van der Waals surface area contributed by atoms with Crippen LogP contribution < -0.4 is 4.74 Å². The lowest BCUT2D eigenvalue weighted by molar-refractivity contribution is -0.154. The van der Waals surface area contributed by atoms with Crippen molar-refractivity contribution in [1.82, 2.24) is 0 Å². The van der Waals surface area contributed by atoms with Gasteiger partial charge in [-0.25, -0.2) is 13.2 Å². The summed E-state index contributed by atoms with van der Waals surface area (Å²) < 4.78 is 90.0. The van der Waals surface area contributed by atoms with Gasteiger partial charge >= 0.3 is 6.18 Å². The Labute approximate surface area is 218 Å². The quantitative estimate of drug-likeness (QED) is 0.190. The molecule has 0 bridgehead atoms. The van der Waals surface area contributed by atoms with E-state index in [0.717, 1.165) is 49.3 Å². The van der Waals surface area contributed by atoms with Gasteiger partial charge in [0.05, 0.1) is 0 Å². The second-order valence-electron chi connectivity index (χ2n) is 10.2. The Bertz CT molecular complexity index is 1210. The van der Waals surface area contributed by atoms with Crippen molar-refractivity contribution in [2.45, 2.75) is 63.5 Å². The normalized spacial score (nSPS) is 18.2. The Morgan fingerprint density at radius 1 is 0.868 bits per heavy atom. The summed E-state index contributed by atoms with van der Waals surface area (Å²) in [4.78, 5) is 0. The highest BCUT2D eigenvalue weighted by Gasteiger charge is 2.30. The minimum atomic E-state index is -4.71. The Balaban J connectivity index is 1.39. The summed E-state index contributed by atoms with van der Waals surface area (Å²) in [6.07, 6.45) is 2.49. The zero-order valence-electron chi connectivity index (χ0n) is 21.4. The van der Waals surface area contributed by atoms with Gasteiger partial charge in [0, 0.05) is 19.1 Å². The molecule has 206 valence electrons. The van der Waals surface area contributed by atoms with Crippen LogP contribution in [0.5, 0.6) is 5.75 Å². The van der Waals surface area contributed by atoms with Crippen molar-refractivity contribution in [3.63, 3.8) is 0 Å². The monoisotopic (exact) mass is 538 g/mol. The number of alkyl halides is 3. The third-order valence-electron chi connectivity index (χ3n) is 7.46. The molecule has 0 amide bonds. The molecule has 1 fully saturated rings. The van der Waals surface area contributed by atoms with Crippen LogP contribution in [-0.2, 0) is 17.6 Å². The van der Waals surface area contributed by atoms with Crippen LogP contribution in [0.3, 0.4) is 0 Å². The summed E-state index contributed by atoms with van der Waals surface area (Å²) in [7, 11) is 1.73. The topological polar surface area (TPSA) is 18.5 Å². The Morgan fingerprint density at radius 3 is 2.24 bits per heavy atom. The molecule has 0 saturated heterocycles. The lowest BCUT2D eigenvalue weighted by Crippen LogP contribution is -2.20. The lowest BCUT2D eigenvalue weighted by Gasteiger charge is -2.29. The molecule has 0 aliphatic heterocycles. The number of rotatable bonds is 10. The van der Waals surface area contributed by atoms with E-state index in [1.807, 2.05) is 12.1 Å². The number of halogens is 6. The van der Waals surface area contributed by atoms with Gasteiger partial charge < -0.3 is 9.47 Å². The highest BCUT2D eigenvalue weighted by molar-refractivity contribution is 5.84. The van der Waals surface area contributed by atoms with Gasteiger partial charge in [0.1, 0.15) is 5.82 Å². The molecule has 0 heterocycles. The summed E-state index contributed by atoms with van der Waals surface area (Å²) in [5.41, 5.74) is 1.82. The van der Waals surface area contributed by atoms with Crippen LogP contribution in [0.1, 0.15) is 61.1 Å². The summed E-state index contributed by atoms with van der Waals surface area (Å²) in [6.45, 7) is -0.987. The molecule has 1 aliphatic rings. The molecule has 1 aliphatic carbocycles. The van der Waals surface area contributed by atoms with Gasteiger partial charge in [-0.1, -0.05) is 30.3 Å². The fourth-order valence-corrected chi connectivity index (χ4v) is 5.43. The number of hydrogen-bond donors (Lipinski definition) is 0. The molecule has 1 saturated carbocycles. The average molecular weight is 539 g/mol. The third kappa shape index (κ3) is 7.22. The van der Waals surface area contributed by atoms with Crippen molar-refractivity contribution in [2.75, 3.05) is 20.3 Å². The second-order valence-corrected chi connectivity index (χ2v) is 10.2. The maximum Gasteiger partial charge on any atom is 0.422 e. The molecule has 0 radical (unpaired) electrons. The number of aryl methyl sites for hydroxylation is 2. The van der Waals surface area contributed by atoms with Crippen molar-refractivity contribution >= 4 is 10.8 Å². The highest BCUT2D eigenvalue weighted by Crippen LogP contribution is 2.38. The second kappa shape index (κ2) is 12.4. The molecule has 0 atom stereocenters. The average Bonchev–Trinajstić information content (AvgIpc) is 2.87. The molecular weight excluding hydrogens is 506 g/mol. The Morgan fingerprint density at radius 2 is 1.58 bits per heavy atom. The Hall–Kier alpha value is -2.74. The van der Waals surface area contributed by atoms with Crippen molar-refractivity contribution in [2.24, 2.45) is 5.92 Å². The first-order valence-electron chi connectivity index (χ1n) is 13.0. The third-order valence-corrected chi connectivity index (χ3v) is 7.46. The number of ether oxygens (including phenoxy) is 2. The van der Waals surface area contributed by atoms with Crippen molar-refractivity contribution in [1.29, 1.82) is 0 Å². The number of hydrogen-bond acceptors (Lipinski definition) is 2. The van der Waals surface area contributed by atoms with E-state index < -0.39 is 30.2 Å². The van der Waals surface area contributed by atoms with E-state index >= 15 is 4.39 Å². The van der Waals surface area contributed by atoms with Gasteiger partial charge in [0.15, 0.2) is 24.0 Å². The molecule has 0 aromatic heterocycles. The molecule has 3 aromatic carbocycles. The molecule has 8 heteroatoms. The van der Waals surface area contributed by atoms with E-state index in [2.05, 4.69) is 10.8 Å². The van der Waals surface area contributed by atoms with Gasteiger partial charge in [0.2, 0.25) is 0 Å². The zero-order chi connectivity index (χ0) is 27.3. The molecule has 38 heavy (non-hydrogen) atoms. The van der Waals surface area contributed by atoms with Crippen LogP contribution in [0.25, 0.3) is 10.8 Å². The SMILES string of the molecule is COCCCC1CCC(c2ccc3c(F)c(CCc4cc(F)c(OCC(F)(F)F)c(F)c4)ccc3c2)CC1. The van der Waals surface area contributed by atoms with Crippen LogP contribution in [0.2, 0.25) is 0 Å². The minimum Gasteiger partial charge on any atom is -0.478 e. The summed E-state index contributed by atoms with van der Waals surface area (Å²) in [6, 6.07) is 11.3. The van der Waals surface area contributed by atoms with Crippen LogP contribution >= 0.6 is 0 Å². The lowest BCUT2D eigenvalue weighted by atomic mass is 9.77.